The van der Waals surface area contributed by atoms with E-state index in [0.29, 0.717) is 0 Å². The van der Waals surface area contributed by atoms with Gasteiger partial charge in [0.05, 0.1) is 0 Å². The first kappa shape index (κ1) is 7.87. The Hall–Kier alpha value is -0.760. The molecule has 1 unspecified atom stereocenters. The third kappa shape index (κ3) is 1.39. The minimum absolute atomic E-state index is 0.823. The van der Waals surface area contributed by atoms with Gasteiger partial charge in [0, 0.05) is 5.70 Å². The molecule has 2 aliphatic rings. The van der Waals surface area contributed by atoms with E-state index in [4.69, 9.17) is 0 Å². The van der Waals surface area contributed by atoms with Gasteiger partial charge in [-0.05, 0) is 44.3 Å². The lowest BCUT2D eigenvalue weighted by atomic mass is 9.92. The molecule has 0 bridgehead atoms. The van der Waals surface area contributed by atoms with Crippen molar-refractivity contribution in [3.8, 4) is 0 Å². The van der Waals surface area contributed by atoms with Crippen LogP contribution in [-0.4, -0.2) is 10.8 Å². The Balaban J connectivity index is 2.23. The molecule has 1 aliphatic heterocycles. The number of rotatable bonds is 0. The van der Waals surface area contributed by atoms with E-state index < -0.39 is 5.72 Å². The summed E-state index contributed by atoms with van der Waals surface area (Å²) in [5, 5.41) is 12.8. The lowest BCUT2D eigenvalue weighted by Gasteiger charge is -2.32. The molecule has 12 heavy (non-hydrogen) atoms. The zero-order valence-corrected chi connectivity index (χ0v) is 7.43. The van der Waals surface area contributed by atoms with Crippen LogP contribution in [0.1, 0.15) is 32.6 Å². The zero-order valence-electron chi connectivity index (χ0n) is 7.43. The normalized spacial score (nSPS) is 34.5. The summed E-state index contributed by atoms with van der Waals surface area (Å²) in [7, 11) is 0. The molecule has 0 saturated heterocycles. The number of hydrogen-bond acceptors (Lipinski definition) is 2. The van der Waals surface area contributed by atoms with Crippen LogP contribution < -0.4 is 5.32 Å². The van der Waals surface area contributed by atoms with E-state index in [1.165, 1.54) is 24.1 Å². The van der Waals surface area contributed by atoms with Crippen molar-refractivity contribution >= 4 is 0 Å². The molecule has 2 N–H and O–H groups in total. The maximum absolute atomic E-state index is 9.68. The van der Waals surface area contributed by atoms with Gasteiger partial charge < -0.3 is 10.4 Å². The summed E-state index contributed by atoms with van der Waals surface area (Å²) in [6.45, 7) is 1.78. The molecule has 1 atom stereocenters. The second kappa shape index (κ2) is 2.63. The van der Waals surface area contributed by atoms with Crippen LogP contribution in [0, 0.1) is 0 Å². The molecule has 0 radical (unpaired) electrons. The molecule has 1 aliphatic carbocycles. The molecule has 0 fully saturated rings. The van der Waals surface area contributed by atoms with Gasteiger partial charge in [0.15, 0.2) is 5.72 Å². The van der Waals surface area contributed by atoms with Crippen LogP contribution in [-0.2, 0) is 0 Å². The van der Waals surface area contributed by atoms with E-state index in [-0.39, 0.29) is 0 Å². The number of nitrogens with one attached hydrogen (secondary N) is 1. The Morgan fingerprint density at radius 2 is 2.17 bits per heavy atom. The average molecular weight is 165 g/mol. The lowest BCUT2D eigenvalue weighted by molar-refractivity contribution is 0.0809. The van der Waals surface area contributed by atoms with Crippen LogP contribution in [0.3, 0.4) is 0 Å². The van der Waals surface area contributed by atoms with Crippen molar-refractivity contribution in [2.75, 3.05) is 0 Å². The lowest BCUT2D eigenvalue weighted by Crippen LogP contribution is -2.42. The zero-order chi connectivity index (χ0) is 8.60. The molecule has 0 aromatic heterocycles. The fourth-order valence-corrected chi connectivity index (χ4v) is 1.87. The molecule has 0 saturated carbocycles. The number of aliphatic hydroxyl groups is 1. The van der Waals surface area contributed by atoms with Crippen LogP contribution in [0.25, 0.3) is 0 Å². The molecule has 0 aromatic rings. The third-order valence-electron chi connectivity index (χ3n) is 2.52. The van der Waals surface area contributed by atoms with Crippen molar-refractivity contribution in [3.63, 3.8) is 0 Å². The van der Waals surface area contributed by atoms with E-state index in [0.717, 1.165) is 12.8 Å². The highest BCUT2D eigenvalue weighted by molar-refractivity contribution is 5.33. The molecule has 2 nitrogen and oxygen atoms in total. The van der Waals surface area contributed by atoms with E-state index in [9.17, 15) is 5.11 Å². The summed E-state index contributed by atoms with van der Waals surface area (Å²) in [4.78, 5) is 0. The molecular formula is C10H15NO. The Labute approximate surface area is 73.0 Å². The maximum atomic E-state index is 9.68. The van der Waals surface area contributed by atoms with E-state index in [1.54, 1.807) is 6.92 Å². The fraction of sp³-hybridized carbons (Fsp3) is 0.600. The molecule has 0 amide bonds. The van der Waals surface area contributed by atoms with Crippen LogP contribution in [0.2, 0.25) is 0 Å². The minimum atomic E-state index is -0.823. The summed E-state index contributed by atoms with van der Waals surface area (Å²) < 4.78 is 0. The van der Waals surface area contributed by atoms with Crippen molar-refractivity contribution in [2.45, 2.75) is 38.3 Å². The standard InChI is InChI=1S/C10H15NO/c1-10(12)7-6-8-4-2-3-5-9(8)11-10/h6-7,11-12H,2-5H2,1H3. The van der Waals surface area contributed by atoms with Gasteiger partial charge in [-0.25, -0.2) is 0 Å². The predicted molar refractivity (Wildman–Crippen MR) is 48.4 cm³/mol. The molecular weight excluding hydrogens is 150 g/mol. The highest BCUT2D eigenvalue weighted by Gasteiger charge is 2.23. The maximum Gasteiger partial charge on any atom is 0.152 e. The SMILES string of the molecule is CC1(O)C=CC2=C(CCCC2)N1. The van der Waals surface area contributed by atoms with Crippen molar-refractivity contribution in [3.05, 3.63) is 23.4 Å². The van der Waals surface area contributed by atoms with Crippen LogP contribution in [0.4, 0.5) is 0 Å². The van der Waals surface area contributed by atoms with E-state index in [1.807, 2.05) is 6.08 Å². The largest absolute Gasteiger partial charge is 0.368 e. The molecule has 1 heterocycles. The molecule has 66 valence electrons. The van der Waals surface area contributed by atoms with Crippen molar-refractivity contribution in [2.24, 2.45) is 0 Å². The predicted octanol–water partition coefficient (Wildman–Crippen LogP) is 1.68. The first-order valence-corrected chi connectivity index (χ1v) is 4.59. The van der Waals surface area contributed by atoms with Gasteiger partial charge in [0.1, 0.15) is 0 Å². The molecule has 0 aromatic carbocycles. The van der Waals surface area contributed by atoms with Gasteiger partial charge >= 0.3 is 0 Å². The Kier molecular flexibility index (Phi) is 1.72. The molecule has 0 spiro atoms. The summed E-state index contributed by atoms with van der Waals surface area (Å²) in [5.41, 5.74) is 1.80. The quantitative estimate of drug-likeness (QED) is 0.572. The summed E-state index contributed by atoms with van der Waals surface area (Å²) in [6, 6.07) is 0. The van der Waals surface area contributed by atoms with Crippen LogP contribution in [0.15, 0.2) is 23.4 Å². The Morgan fingerprint density at radius 1 is 1.42 bits per heavy atom. The van der Waals surface area contributed by atoms with Crippen molar-refractivity contribution in [1.29, 1.82) is 0 Å². The third-order valence-corrected chi connectivity index (χ3v) is 2.52. The summed E-state index contributed by atoms with van der Waals surface area (Å²) in [5.74, 6) is 0. The highest BCUT2D eigenvalue weighted by atomic mass is 16.3. The Morgan fingerprint density at radius 3 is 3.00 bits per heavy atom. The van der Waals surface area contributed by atoms with Crippen molar-refractivity contribution < 1.29 is 5.11 Å². The van der Waals surface area contributed by atoms with Gasteiger partial charge in [-0.1, -0.05) is 6.08 Å². The number of allylic oxidation sites excluding steroid dienone is 3. The van der Waals surface area contributed by atoms with Crippen LogP contribution >= 0.6 is 0 Å². The fourth-order valence-electron chi connectivity index (χ4n) is 1.87. The first-order valence-electron chi connectivity index (χ1n) is 4.59. The van der Waals surface area contributed by atoms with Gasteiger partial charge in [-0.3, -0.25) is 0 Å². The van der Waals surface area contributed by atoms with E-state index in [2.05, 4.69) is 11.4 Å². The topological polar surface area (TPSA) is 32.3 Å². The average Bonchev–Trinajstić information content (AvgIpc) is 2.02. The second-order valence-corrected chi connectivity index (χ2v) is 3.82. The summed E-state index contributed by atoms with van der Waals surface area (Å²) in [6.07, 6.45) is 8.68. The Bertz CT molecular complexity index is 251. The first-order chi connectivity index (χ1) is 5.67. The van der Waals surface area contributed by atoms with Crippen molar-refractivity contribution in [1.82, 2.24) is 5.32 Å². The minimum Gasteiger partial charge on any atom is -0.368 e. The second-order valence-electron chi connectivity index (χ2n) is 3.82. The van der Waals surface area contributed by atoms with Gasteiger partial charge in [0.2, 0.25) is 0 Å². The highest BCUT2D eigenvalue weighted by Crippen LogP contribution is 2.28. The number of hydrogen-bond donors (Lipinski definition) is 2. The van der Waals surface area contributed by atoms with E-state index >= 15 is 0 Å². The smallest absolute Gasteiger partial charge is 0.152 e. The monoisotopic (exact) mass is 165 g/mol. The van der Waals surface area contributed by atoms with Gasteiger partial charge in [-0.15, -0.1) is 0 Å². The summed E-state index contributed by atoms with van der Waals surface area (Å²) >= 11 is 0. The molecule has 2 rings (SSSR count). The van der Waals surface area contributed by atoms with Crippen LogP contribution in [0.5, 0.6) is 0 Å². The van der Waals surface area contributed by atoms with Gasteiger partial charge in [-0.2, -0.15) is 0 Å². The molecule has 2 heteroatoms. The van der Waals surface area contributed by atoms with Gasteiger partial charge in [0.25, 0.3) is 0 Å². The number of dihydropyridines is 1.